The number of nitrogens with zero attached hydrogens (tertiary/aromatic N) is 2. The summed E-state index contributed by atoms with van der Waals surface area (Å²) in [7, 11) is 0. The third-order valence-electron chi connectivity index (χ3n) is 3.79. The van der Waals surface area contributed by atoms with E-state index < -0.39 is 0 Å². The summed E-state index contributed by atoms with van der Waals surface area (Å²) in [5.74, 6) is -0.122. The van der Waals surface area contributed by atoms with Crippen molar-refractivity contribution in [2.45, 2.75) is 6.54 Å². The second kappa shape index (κ2) is 5.53. The average Bonchev–Trinajstić information content (AvgIpc) is 3.07. The quantitative estimate of drug-likeness (QED) is 0.611. The number of para-hydroxylation sites is 1. The molecule has 2 aromatic carbocycles. The molecule has 0 radical (unpaired) electrons. The Bertz CT molecular complexity index is 1010. The van der Waals surface area contributed by atoms with Gasteiger partial charge in [0.1, 0.15) is 0 Å². The first-order valence-electron chi connectivity index (χ1n) is 7.35. The number of benzene rings is 2. The van der Waals surface area contributed by atoms with Crippen molar-refractivity contribution in [2.75, 3.05) is 0 Å². The first-order chi connectivity index (χ1) is 11.3. The van der Waals surface area contributed by atoms with Crippen LogP contribution in [0.4, 0.5) is 0 Å². The largest absolute Gasteiger partial charge is 0.346 e. The Kier molecular flexibility index (Phi) is 3.24. The van der Waals surface area contributed by atoms with Gasteiger partial charge in [-0.3, -0.25) is 14.9 Å². The molecule has 2 N–H and O–H groups in total. The van der Waals surface area contributed by atoms with E-state index in [1.165, 1.54) is 0 Å². The Hall–Kier alpha value is -3.21. The average molecular weight is 302 g/mol. The molecule has 2 aromatic heterocycles. The maximum Gasteiger partial charge on any atom is 0.251 e. The number of pyridine rings is 1. The van der Waals surface area contributed by atoms with Gasteiger partial charge in [-0.2, -0.15) is 5.10 Å². The van der Waals surface area contributed by atoms with Gasteiger partial charge in [0.2, 0.25) is 0 Å². The van der Waals surface area contributed by atoms with E-state index in [0.29, 0.717) is 12.1 Å². The van der Waals surface area contributed by atoms with Crippen LogP contribution in [0.25, 0.3) is 21.8 Å². The van der Waals surface area contributed by atoms with Gasteiger partial charge in [0.15, 0.2) is 0 Å². The fourth-order valence-corrected chi connectivity index (χ4v) is 2.56. The van der Waals surface area contributed by atoms with Gasteiger partial charge < -0.3 is 5.32 Å². The molecular weight excluding hydrogens is 288 g/mol. The highest BCUT2D eigenvalue weighted by molar-refractivity contribution is 5.97. The molecule has 0 saturated heterocycles. The van der Waals surface area contributed by atoms with Gasteiger partial charge in [0.25, 0.3) is 5.91 Å². The predicted molar refractivity (Wildman–Crippen MR) is 89.0 cm³/mol. The zero-order valence-corrected chi connectivity index (χ0v) is 12.3. The predicted octanol–water partition coefficient (Wildman–Crippen LogP) is 3.04. The van der Waals surface area contributed by atoms with Crippen LogP contribution in [0, 0.1) is 0 Å². The smallest absolute Gasteiger partial charge is 0.251 e. The molecule has 0 unspecified atom stereocenters. The van der Waals surface area contributed by atoms with Crippen LogP contribution in [0.5, 0.6) is 0 Å². The molecule has 0 saturated carbocycles. The lowest BCUT2D eigenvalue weighted by Crippen LogP contribution is -2.23. The van der Waals surface area contributed by atoms with Crippen molar-refractivity contribution in [3.63, 3.8) is 0 Å². The van der Waals surface area contributed by atoms with Crippen LogP contribution in [0.2, 0.25) is 0 Å². The molecule has 2 heterocycles. The summed E-state index contributed by atoms with van der Waals surface area (Å²) >= 11 is 0. The lowest BCUT2D eigenvalue weighted by Gasteiger charge is -2.06. The summed E-state index contributed by atoms with van der Waals surface area (Å²) in [5, 5.41) is 11.7. The number of aromatic amines is 1. The Labute approximate surface area is 132 Å². The van der Waals surface area contributed by atoms with Crippen LogP contribution in [0.15, 0.2) is 60.8 Å². The van der Waals surface area contributed by atoms with E-state index >= 15 is 0 Å². The lowest BCUT2D eigenvalue weighted by atomic mass is 10.1. The van der Waals surface area contributed by atoms with Crippen molar-refractivity contribution in [2.24, 2.45) is 0 Å². The van der Waals surface area contributed by atoms with Crippen LogP contribution in [-0.2, 0) is 6.54 Å². The summed E-state index contributed by atoms with van der Waals surface area (Å²) in [4.78, 5) is 16.8. The number of hydrogen-bond acceptors (Lipinski definition) is 3. The van der Waals surface area contributed by atoms with Gasteiger partial charge in [-0.15, -0.1) is 0 Å². The van der Waals surface area contributed by atoms with Crippen molar-refractivity contribution in [3.05, 3.63) is 72.1 Å². The maximum absolute atomic E-state index is 12.3. The Morgan fingerprint density at radius 3 is 2.91 bits per heavy atom. The molecule has 4 rings (SSSR count). The molecule has 5 heteroatoms. The molecule has 4 aromatic rings. The van der Waals surface area contributed by atoms with Crippen molar-refractivity contribution in [1.82, 2.24) is 20.5 Å². The van der Waals surface area contributed by atoms with Gasteiger partial charge >= 0.3 is 0 Å². The number of carbonyl (C=O) groups excluding carboxylic acids is 1. The molecule has 0 atom stereocenters. The number of H-pyrrole nitrogens is 1. The van der Waals surface area contributed by atoms with E-state index in [-0.39, 0.29) is 5.91 Å². The van der Waals surface area contributed by atoms with Crippen molar-refractivity contribution < 1.29 is 4.79 Å². The molecule has 1 amide bonds. The topological polar surface area (TPSA) is 70.7 Å². The zero-order chi connectivity index (χ0) is 15.6. The second-order valence-corrected chi connectivity index (χ2v) is 5.35. The van der Waals surface area contributed by atoms with Crippen LogP contribution < -0.4 is 5.32 Å². The van der Waals surface area contributed by atoms with E-state index in [9.17, 15) is 4.79 Å². The van der Waals surface area contributed by atoms with E-state index in [1.54, 1.807) is 12.3 Å². The molecule has 0 fully saturated rings. The van der Waals surface area contributed by atoms with Gasteiger partial charge in [0, 0.05) is 16.3 Å². The van der Waals surface area contributed by atoms with Crippen molar-refractivity contribution in [3.8, 4) is 0 Å². The number of hydrogen-bond donors (Lipinski definition) is 2. The highest BCUT2D eigenvalue weighted by Gasteiger charge is 2.07. The SMILES string of the molecule is O=C(NCc1ccc2ccccc2n1)c1ccc2[nH]ncc2c1. The van der Waals surface area contributed by atoms with Crippen molar-refractivity contribution >= 4 is 27.7 Å². The summed E-state index contributed by atoms with van der Waals surface area (Å²) in [6, 6.07) is 17.3. The van der Waals surface area contributed by atoms with E-state index in [4.69, 9.17) is 0 Å². The van der Waals surface area contributed by atoms with Crippen molar-refractivity contribution in [1.29, 1.82) is 0 Å². The normalized spacial score (nSPS) is 11.0. The third kappa shape index (κ3) is 2.64. The molecule has 5 nitrogen and oxygen atoms in total. The zero-order valence-electron chi connectivity index (χ0n) is 12.3. The Morgan fingerprint density at radius 2 is 1.96 bits per heavy atom. The number of rotatable bonds is 3. The van der Waals surface area contributed by atoms with Gasteiger partial charge in [0.05, 0.1) is 29.5 Å². The minimum absolute atomic E-state index is 0.122. The van der Waals surface area contributed by atoms with Crippen LogP contribution in [0.3, 0.4) is 0 Å². The minimum Gasteiger partial charge on any atom is -0.346 e. The summed E-state index contributed by atoms with van der Waals surface area (Å²) in [6.07, 6.45) is 1.71. The van der Waals surface area contributed by atoms with Crippen LogP contribution in [-0.4, -0.2) is 21.1 Å². The molecule has 0 aliphatic carbocycles. The standard InChI is InChI=1S/C18H14N4O/c23-18(13-6-8-17-14(9-13)10-20-22-17)19-11-15-7-5-12-3-1-2-4-16(12)21-15/h1-10H,11H2,(H,19,23)(H,20,22). The number of aromatic nitrogens is 3. The molecule has 0 aliphatic heterocycles. The minimum atomic E-state index is -0.122. The summed E-state index contributed by atoms with van der Waals surface area (Å²) in [6.45, 7) is 0.396. The third-order valence-corrected chi connectivity index (χ3v) is 3.79. The van der Waals surface area contributed by atoms with E-state index in [2.05, 4.69) is 20.5 Å². The lowest BCUT2D eigenvalue weighted by molar-refractivity contribution is 0.0950. The second-order valence-electron chi connectivity index (χ2n) is 5.35. The first kappa shape index (κ1) is 13.5. The number of carbonyl (C=O) groups is 1. The van der Waals surface area contributed by atoms with E-state index in [0.717, 1.165) is 27.5 Å². The molecule has 0 spiro atoms. The van der Waals surface area contributed by atoms with E-state index in [1.807, 2.05) is 48.5 Å². The Morgan fingerprint density at radius 1 is 1.04 bits per heavy atom. The van der Waals surface area contributed by atoms with Crippen LogP contribution >= 0.6 is 0 Å². The van der Waals surface area contributed by atoms with Gasteiger partial charge in [-0.05, 0) is 30.3 Å². The van der Waals surface area contributed by atoms with Gasteiger partial charge in [-0.25, -0.2) is 0 Å². The number of nitrogens with one attached hydrogen (secondary N) is 2. The number of amides is 1. The maximum atomic E-state index is 12.3. The summed E-state index contributed by atoms with van der Waals surface area (Å²) in [5.41, 5.74) is 3.29. The fraction of sp³-hybridized carbons (Fsp3) is 0.0556. The highest BCUT2D eigenvalue weighted by Crippen LogP contribution is 2.14. The molecule has 23 heavy (non-hydrogen) atoms. The summed E-state index contributed by atoms with van der Waals surface area (Å²) < 4.78 is 0. The fourth-order valence-electron chi connectivity index (χ4n) is 2.56. The molecule has 0 aliphatic rings. The van der Waals surface area contributed by atoms with Gasteiger partial charge in [-0.1, -0.05) is 24.3 Å². The molecular formula is C18H14N4O. The first-order valence-corrected chi connectivity index (χ1v) is 7.35. The highest BCUT2D eigenvalue weighted by atomic mass is 16.1. The van der Waals surface area contributed by atoms with Crippen LogP contribution in [0.1, 0.15) is 16.1 Å². The Balaban J connectivity index is 1.51. The molecule has 112 valence electrons. The monoisotopic (exact) mass is 302 g/mol. The molecule has 0 bridgehead atoms. The number of fused-ring (bicyclic) bond motifs is 2.